The minimum Gasteiger partial charge on any atom is -0.465 e. The highest BCUT2D eigenvalue weighted by Crippen LogP contribution is 2.40. The molecule has 186 valence electrons. The first-order valence-corrected chi connectivity index (χ1v) is 14.4. The fourth-order valence-electron chi connectivity index (χ4n) is 5.19. The van der Waals surface area contributed by atoms with Gasteiger partial charge < -0.3 is 14.6 Å². The third-order valence-electron chi connectivity index (χ3n) is 7.10. The van der Waals surface area contributed by atoms with Crippen molar-refractivity contribution in [3.05, 3.63) is 21.8 Å². The molecule has 0 bridgehead atoms. The van der Waals surface area contributed by atoms with Crippen molar-refractivity contribution in [3.8, 4) is 0 Å². The van der Waals surface area contributed by atoms with E-state index in [2.05, 4.69) is 33.9 Å². The van der Waals surface area contributed by atoms with Crippen LogP contribution in [0.2, 0.25) is 0 Å². The van der Waals surface area contributed by atoms with E-state index in [-0.39, 0.29) is 17.6 Å². The molecule has 0 aromatic carbocycles. The molecule has 2 aliphatic carbocycles. The van der Waals surface area contributed by atoms with Crippen LogP contribution in [-0.2, 0) is 35.3 Å². The molecular formula is C25H36N4O3S2. The van der Waals surface area contributed by atoms with Crippen LogP contribution in [0.4, 0.5) is 5.00 Å². The minimum atomic E-state index is -0.372. The Kier molecular flexibility index (Phi) is 8.69. The molecule has 4 rings (SSSR count). The van der Waals surface area contributed by atoms with Crippen molar-refractivity contribution >= 4 is 40.0 Å². The second-order valence-electron chi connectivity index (χ2n) is 9.57. The molecule has 1 fully saturated rings. The van der Waals surface area contributed by atoms with Crippen molar-refractivity contribution < 1.29 is 14.3 Å². The predicted molar refractivity (Wildman–Crippen MR) is 137 cm³/mol. The van der Waals surface area contributed by atoms with Crippen LogP contribution in [0.1, 0.15) is 85.4 Å². The van der Waals surface area contributed by atoms with Crippen LogP contribution in [0, 0.1) is 11.8 Å². The molecule has 0 spiro atoms. The summed E-state index contributed by atoms with van der Waals surface area (Å²) < 4.78 is 7.16. The van der Waals surface area contributed by atoms with Crippen LogP contribution in [0.3, 0.4) is 0 Å². The van der Waals surface area contributed by atoms with E-state index in [0.717, 1.165) is 54.7 Å². The Labute approximate surface area is 210 Å². The van der Waals surface area contributed by atoms with Crippen LogP contribution in [0.25, 0.3) is 0 Å². The highest BCUT2D eigenvalue weighted by molar-refractivity contribution is 7.99. The van der Waals surface area contributed by atoms with Gasteiger partial charge in [-0.25, -0.2) is 4.79 Å². The first-order chi connectivity index (χ1) is 16.5. The Morgan fingerprint density at radius 3 is 2.74 bits per heavy atom. The number of carbonyl (C=O) groups excluding carboxylic acids is 2. The van der Waals surface area contributed by atoms with Crippen molar-refractivity contribution in [3.63, 3.8) is 0 Å². The zero-order chi connectivity index (χ0) is 24.1. The summed E-state index contributed by atoms with van der Waals surface area (Å²) in [4.78, 5) is 26.5. The van der Waals surface area contributed by atoms with Crippen LogP contribution in [0.15, 0.2) is 5.16 Å². The lowest BCUT2D eigenvalue weighted by Gasteiger charge is -2.21. The molecule has 9 heteroatoms. The minimum absolute atomic E-state index is 0.142. The average Bonchev–Trinajstić information content (AvgIpc) is 3.41. The summed E-state index contributed by atoms with van der Waals surface area (Å²) in [6, 6.07) is 0. The van der Waals surface area contributed by atoms with E-state index in [1.165, 1.54) is 73.6 Å². The third-order valence-corrected chi connectivity index (χ3v) is 9.23. The first-order valence-electron chi connectivity index (χ1n) is 12.6. The van der Waals surface area contributed by atoms with Crippen molar-refractivity contribution in [2.75, 3.05) is 18.2 Å². The van der Waals surface area contributed by atoms with Gasteiger partial charge in [-0.1, -0.05) is 50.8 Å². The van der Waals surface area contributed by atoms with Gasteiger partial charge in [0.15, 0.2) is 5.16 Å². The number of carbonyl (C=O) groups is 2. The summed E-state index contributed by atoms with van der Waals surface area (Å²) in [5.74, 6) is 2.12. The number of thiophene rings is 1. The van der Waals surface area contributed by atoms with Gasteiger partial charge in [0.25, 0.3) is 0 Å². The van der Waals surface area contributed by atoms with Crippen molar-refractivity contribution in [2.45, 2.75) is 89.8 Å². The van der Waals surface area contributed by atoms with Crippen molar-refractivity contribution in [1.29, 1.82) is 0 Å². The van der Waals surface area contributed by atoms with E-state index in [4.69, 9.17) is 4.74 Å². The van der Waals surface area contributed by atoms with Crippen LogP contribution >= 0.6 is 23.1 Å². The van der Waals surface area contributed by atoms with Gasteiger partial charge in [0.05, 0.1) is 18.4 Å². The summed E-state index contributed by atoms with van der Waals surface area (Å²) in [5, 5.41) is 13.2. The average molecular weight is 505 g/mol. The lowest BCUT2D eigenvalue weighted by Crippen LogP contribution is -2.17. The maximum atomic E-state index is 12.8. The Hall–Kier alpha value is -1.87. The van der Waals surface area contributed by atoms with Gasteiger partial charge in [-0.2, -0.15) is 0 Å². The molecule has 2 aliphatic rings. The molecule has 1 atom stereocenters. The Morgan fingerprint density at radius 2 is 2.00 bits per heavy atom. The lowest BCUT2D eigenvalue weighted by atomic mass is 9.86. The second-order valence-corrected chi connectivity index (χ2v) is 11.6. The van der Waals surface area contributed by atoms with Crippen LogP contribution in [0.5, 0.6) is 0 Å². The summed E-state index contributed by atoms with van der Waals surface area (Å²) >= 11 is 2.92. The Bertz CT molecular complexity index is 1010. The molecule has 1 unspecified atom stereocenters. The molecule has 1 amide bonds. The number of anilines is 1. The zero-order valence-electron chi connectivity index (χ0n) is 20.5. The quantitative estimate of drug-likeness (QED) is 0.358. The number of nitrogens with one attached hydrogen (secondary N) is 1. The van der Waals surface area contributed by atoms with Gasteiger partial charge in [0.2, 0.25) is 5.91 Å². The number of aromatic nitrogens is 3. The normalized spacial score (nSPS) is 18.5. The molecule has 0 radical (unpaired) electrons. The topological polar surface area (TPSA) is 86.1 Å². The molecule has 7 nitrogen and oxygen atoms in total. The largest absolute Gasteiger partial charge is 0.465 e. The smallest absolute Gasteiger partial charge is 0.341 e. The SMILES string of the molecule is CCn1c(CCC2CCCCC2)nnc1SCC(=O)Nc1sc2c(c1C(=O)OC)CCC(C)C2. The predicted octanol–water partition coefficient (Wildman–Crippen LogP) is 5.51. The van der Waals surface area contributed by atoms with E-state index in [1.54, 1.807) is 0 Å². The van der Waals surface area contributed by atoms with Crippen LogP contribution in [-0.4, -0.2) is 39.5 Å². The van der Waals surface area contributed by atoms with E-state index in [1.807, 2.05) is 0 Å². The number of nitrogens with zero attached hydrogens (tertiary/aromatic N) is 3. The number of hydrogen-bond acceptors (Lipinski definition) is 7. The first kappa shape index (κ1) is 25.2. The highest BCUT2D eigenvalue weighted by atomic mass is 32.2. The van der Waals surface area contributed by atoms with Crippen molar-refractivity contribution in [1.82, 2.24) is 14.8 Å². The van der Waals surface area contributed by atoms with E-state index in [0.29, 0.717) is 16.5 Å². The summed E-state index contributed by atoms with van der Waals surface area (Å²) in [5.41, 5.74) is 1.58. The molecular weight excluding hydrogens is 468 g/mol. The number of ether oxygens (including phenoxy) is 1. The molecule has 1 saturated carbocycles. The fraction of sp³-hybridized carbons (Fsp3) is 0.680. The number of fused-ring (bicyclic) bond motifs is 1. The second kappa shape index (κ2) is 11.7. The van der Waals surface area contributed by atoms with Gasteiger partial charge in [-0.05, 0) is 50.0 Å². The number of esters is 1. The highest BCUT2D eigenvalue weighted by Gasteiger charge is 2.29. The summed E-state index contributed by atoms with van der Waals surface area (Å²) in [6.07, 6.45) is 11.7. The number of hydrogen-bond donors (Lipinski definition) is 1. The Morgan fingerprint density at radius 1 is 1.21 bits per heavy atom. The molecule has 1 N–H and O–H groups in total. The maximum Gasteiger partial charge on any atom is 0.341 e. The molecule has 2 aromatic heterocycles. The number of aryl methyl sites for hydroxylation is 1. The molecule has 2 aromatic rings. The van der Waals surface area contributed by atoms with E-state index in [9.17, 15) is 9.59 Å². The summed E-state index contributed by atoms with van der Waals surface area (Å²) in [7, 11) is 1.39. The van der Waals surface area contributed by atoms with E-state index < -0.39 is 0 Å². The van der Waals surface area contributed by atoms with Gasteiger partial charge in [-0.15, -0.1) is 21.5 Å². The molecule has 0 aliphatic heterocycles. The fourth-order valence-corrected chi connectivity index (χ4v) is 7.42. The summed E-state index contributed by atoms with van der Waals surface area (Å²) in [6.45, 7) is 5.11. The van der Waals surface area contributed by atoms with Crippen LogP contribution < -0.4 is 5.32 Å². The third kappa shape index (κ3) is 5.85. The number of amides is 1. The van der Waals surface area contributed by atoms with Gasteiger partial charge in [-0.3, -0.25) is 4.79 Å². The van der Waals surface area contributed by atoms with Gasteiger partial charge >= 0.3 is 5.97 Å². The molecule has 34 heavy (non-hydrogen) atoms. The molecule has 0 saturated heterocycles. The number of methoxy groups -OCH3 is 1. The standard InChI is InChI=1S/C25H36N4O3S2/c1-4-29-20(13-11-17-8-6-5-7-9-17)27-28-25(29)33-15-21(30)26-23-22(24(31)32-3)18-12-10-16(2)14-19(18)34-23/h16-17H,4-15H2,1-3H3,(H,26,30). The lowest BCUT2D eigenvalue weighted by molar-refractivity contribution is -0.113. The van der Waals surface area contributed by atoms with E-state index >= 15 is 0 Å². The monoisotopic (exact) mass is 504 g/mol. The molecule has 2 heterocycles. The number of rotatable bonds is 9. The Balaban J connectivity index is 1.38. The zero-order valence-corrected chi connectivity index (χ0v) is 22.2. The van der Waals surface area contributed by atoms with Crippen molar-refractivity contribution in [2.24, 2.45) is 11.8 Å². The number of thioether (sulfide) groups is 1. The maximum absolute atomic E-state index is 12.8. The van der Waals surface area contributed by atoms with Gasteiger partial charge in [0.1, 0.15) is 10.8 Å². The van der Waals surface area contributed by atoms with Gasteiger partial charge in [0, 0.05) is 17.8 Å².